The van der Waals surface area contributed by atoms with Crippen LogP contribution in [0, 0.1) is 11.8 Å². The first-order valence-electron chi connectivity index (χ1n) is 4.37. The van der Waals surface area contributed by atoms with Gasteiger partial charge in [0.1, 0.15) is 0 Å². The van der Waals surface area contributed by atoms with Gasteiger partial charge in [0.25, 0.3) is 0 Å². The quantitative estimate of drug-likeness (QED) is 0.436. The van der Waals surface area contributed by atoms with E-state index in [1.807, 2.05) is 0 Å². The van der Waals surface area contributed by atoms with Crippen LogP contribution in [0.4, 0.5) is 0 Å². The fourth-order valence-corrected chi connectivity index (χ4v) is 1.06. The summed E-state index contributed by atoms with van der Waals surface area (Å²) in [6, 6.07) is 3.44. The number of nitrogens with zero attached hydrogens (tertiary/aromatic N) is 1. The second-order valence-corrected chi connectivity index (χ2v) is 3.01. The van der Waals surface area contributed by atoms with Crippen molar-refractivity contribution >= 4 is 17.6 Å². The summed E-state index contributed by atoms with van der Waals surface area (Å²) in [6.45, 7) is 0. The van der Waals surface area contributed by atoms with Crippen molar-refractivity contribution in [2.75, 3.05) is 13.0 Å². The minimum atomic E-state index is -0.481. The number of hydrogen-bond acceptors (Lipinski definition) is 3. The second-order valence-electron chi connectivity index (χ2n) is 2.63. The van der Waals surface area contributed by atoms with E-state index in [2.05, 4.69) is 21.6 Å². The van der Waals surface area contributed by atoms with Gasteiger partial charge in [-0.3, -0.25) is 0 Å². The second kappa shape index (κ2) is 6.05. The molecule has 1 heterocycles. The minimum Gasteiger partial charge on any atom is -0.464 e. The predicted molar refractivity (Wildman–Crippen MR) is 57.8 cm³/mol. The number of carbonyl (C=O) groups excluding carboxylic acids is 1. The van der Waals surface area contributed by atoms with Crippen LogP contribution in [0.1, 0.15) is 22.5 Å². The SMILES string of the molecule is COC(=O)c1ncccc1C#CCCCl. The maximum absolute atomic E-state index is 11.3. The molecule has 0 radical (unpaired) electrons. The molecular formula is C11H10ClNO2. The van der Waals surface area contributed by atoms with Gasteiger partial charge >= 0.3 is 5.97 Å². The van der Waals surface area contributed by atoms with E-state index in [1.54, 1.807) is 12.1 Å². The van der Waals surface area contributed by atoms with Gasteiger partial charge in [-0.25, -0.2) is 9.78 Å². The van der Waals surface area contributed by atoms with Crippen LogP contribution >= 0.6 is 11.6 Å². The molecule has 0 amide bonds. The largest absolute Gasteiger partial charge is 0.464 e. The molecular weight excluding hydrogens is 214 g/mol. The molecule has 0 aliphatic carbocycles. The zero-order valence-electron chi connectivity index (χ0n) is 8.29. The Kier molecular flexibility index (Phi) is 4.65. The van der Waals surface area contributed by atoms with E-state index in [-0.39, 0.29) is 5.69 Å². The lowest BCUT2D eigenvalue weighted by Crippen LogP contribution is -2.06. The fraction of sp³-hybridized carbons (Fsp3) is 0.273. The summed E-state index contributed by atoms with van der Waals surface area (Å²) in [5.41, 5.74) is 0.802. The number of pyridine rings is 1. The molecule has 3 nitrogen and oxygen atoms in total. The topological polar surface area (TPSA) is 39.2 Å². The molecule has 4 heteroatoms. The molecule has 0 N–H and O–H groups in total. The summed E-state index contributed by atoms with van der Waals surface area (Å²) >= 11 is 5.49. The van der Waals surface area contributed by atoms with Gasteiger partial charge in [-0.2, -0.15) is 0 Å². The monoisotopic (exact) mass is 223 g/mol. The molecule has 0 aliphatic rings. The molecule has 0 saturated heterocycles. The highest BCUT2D eigenvalue weighted by Crippen LogP contribution is 2.04. The zero-order chi connectivity index (χ0) is 11.1. The van der Waals surface area contributed by atoms with Crippen molar-refractivity contribution in [1.29, 1.82) is 0 Å². The number of halogens is 1. The smallest absolute Gasteiger partial charge is 0.357 e. The average Bonchev–Trinajstić information content (AvgIpc) is 2.29. The Labute approximate surface area is 93.4 Å². The highest BCUT2D eigenvalue weighted by atomic mass is 35.5. The van der Waals surface area contributed by atoms with Crippen LogP contribution < -0.4 is 0 Å². The molecule has 1 aromatic rings. The number of methoxy groups -OCH3 is 1. The molecule has 0 atom stereocenters. The van der Waals surface area contributed by atoms with Gasteiger partial charge in [0.15, 0.2) is 5.69 Å². The number of hydrogen-bond donors (Lipinski definition) is 0. The standard InChI is InChI=1S/C11H10ClNO2/c1-15-11(14)10-9(5-2-3-7-12)6-4-8-13-10/h4,6,8H,3,7H2,1H3. The van der Waals surface area contributed by atoms with Crippen molar-refractivity contribution in [2.45, 2.75) is 6.42 Å². The lowest BCUT2D eigenvalue weighted by Gasteiger charge is -1.99. The summed E-state index contributed by atoms with van der Waals surface area (Å²) in [6.07, 6.45) is 2.11. The number of ether oxygens (including phenoxy) is 1. The van der Waals surface area contributed by atoms with Crippen LogP contribution in [-0.4, -0.2) is 23.9 Å². The molecule has 1 rings (SSSR count). The Morgan fingerprint density at radius 1 is 1.67 bits per heavy atom. The Balaban J connectivity index is 2.98. The molecule has 0 saturated carbocycles. The Bertz CT molecular complexity index is 407. The van der Waals surface area contributed by atoms with E-state index in [9.17, 15) is 4.79 Å². The molecule has 0 aromatic carbocycles. The molecule has 0 spiro atoms. The molecule has 1 aromatic heterocycles. The van der Waals surface area contributed by atoms with E-state index >= 15 is 0 Å². The van der Waals surface area contributed by atoms with E-state index in [0.29, 0.717) is 17.9 Å². The van der Waals surface area contributed by atoms with Gasteiger partial charge in [0.05, 0.1) is 12.7 Å². The number of alkyl halides is 1. The van der Waals surface area contributed by atoms with Crippen molar-refractivity contribution in [3.8, 4) is 11.8 Å². The Morgan fingerprint density at radius 2 is 2.47 bits per heavy atom. The van der Waals surface area contributed by atoms with E-state index in [4.69, 9.17) is 11.6 Å². The van der Waals surface area contributed by atoms with Crippen LogP contribution in [-0.2, 0) is 4.74 Å². The third-order valence-electron chi connectivity index (χ3n) is 1.63. The van der Waals surface area contributed by atoms with Gasteiger partial charge in [-0.1, -0.05) is 11.8 Å². The number of esters is 1. The number of aromatic nitrogens is 1. The average molecular weight is 224 g/mol. The van der Waals surface area contributed by atoms with Gasteiger partial charge < -0.3 is 4.74 Å². The van der Waals surface area contributed by atoms with Gasteiger partial charge in [0, 0.05) is 18.5 Å². The zero-order valence-corrected chi connectivity index (χ0v) is 9.04. The van der Waals surface area contributed by atoms with Crippen molar-refractivity contribution in [3.05, 3.63) is 29.6 Å². The van der Waals surface area contributed by atoms with Crippen LogP contribution in [0.3, 0.4) is 0 Å². The van der Waals surface area contributed by atoms with Crippen molar-refractivity contribution < 1.29 is 9.53 Å². The van der Waals surface area contributed by atoms with E-state index < -0.39 is 5.97 Å². The molecule has 15 heavy (non-hydrogen) atoms. The Hall–Kier alpha value is -1.53. The normalized spacial score (nSPS) is 8.93. The number of rotatable bonds is 2. The third kappa shape index (κ3) is 3.26. The third-order valence-corrected chi connectivity index (χ3v) is 1.82. The van der Waals surface area contributed by atoms with Crippen molar-refractivity contribution in [2.24, 2.45) is 0 Å². The number of carbonyl (C=O) groups is 1. The van der Waals surface area contributed by atoms with Crippen LogP contribution in [0.25, 0.3) is 0 Å². The summed E-state index contributed by atoms with van der Waals surface area (Å²) in [4.78, 5) is 15.2. The first-order valence-corrected chi connectivity index (χ1v) is 4.91. The van der Waals surface area contributed by atoms with Gasteiger partial charge in [0.2, 0.25) is 0 Å². The highest BCUT2D eigenvalue weighted by Gasteiger charge is 2.10. The maximum atomic E-state index is 11.3. The van der Waals surface area contributed by atoms with Crippen molar-refractivity contribution in [1.82, 2.24) is 4.98 Å². The Morgan fingerprint density at radius 3 is 3.13 bits per heavy atom. The van der Waals surface area contributed by atoms with Gasteiger partial charge in [-0.15, -0.1) is 11.6 Å². The highest BCUT2D eigenvalue weighted by molar-refractivity contribution is 6.18. The molecule has 0 unspecified atom stereocenters. The summed E-state index contributed by atoms with van der Waals surface area (Å²) in [5.74, 6) is 5.66. The first-order chi connectivity index (χ1) is 7.29. The minimum absolute atomic E-state index is 0.238. The molecule has 0 bridgehead atoms. The van der Waals surface area contributed by atoms with Crippen LogP contribution in [0.2, 0.25) is 0 Å². The van der Waals surface area contributed by atoms with Gasteiger partial charge in [-0.05, 0) is 12.1 Å². The maximum Gasteiger partial charge on any atom is 0.357 e. The summed E-state index contributed by atoms with van der Waals surface area (Å²) in [5, 5.41) is 0. The van der Waals surface area contributed by atoms with E-state index in [0.717, 1.165) is 0 Å². The first kappa shape index (κ1) is 11.5. The van der Waals surface area contributed by atoms with E-state index in [1.165, 1.54) is 13.3 Å². The van der Waals surface area contributed by atoms with Crippen molar-refractivity contribution in [3.63, 3.8) is 0 Å². The summed E-state index contributed by atoms with van der Waals surface area (Å²) in [7, 11) is 1.31. The fourth-order valence-electron chi connectivity index (χ4n) is 0.970. The van der Waals surface area contributed by atoms with Crippen LogP contribution in [0.15, 0.2) is 18.3 Å². The molecule has 0 fully saturated rings. The predicted octanol–water partition coefficient (Wildman–Crippen LogP) is 1.85. The molecule has 78 valence electrons. The lowest BCUT2D eigenvalue weighted by atomic mass is 10.2. The van der Waals surface area contributed by atoms with Crippen LogP contribution in [0.5, 0.6) is 0 Å². The molecule has 0 aliphatic heterocycles. The lowest BCUT2D eigenvalue weighted by molar-refractivity contribution is 0.0593. The summed E-state index contributed by atoms with van der Waals surface area (Å²) < 4.78 is 4.59.